The van der Waals surface area contributed by atoms with Crippen molar-refractivity contribution in [3.05, 3.63) is 12.7 Å². The number of nitriles is 1. The summed E-state index contributed by atoms with van der Waals surface area (Å²) >= 11 is 0. The molecule has 4 nitrogen and oxygen atoms in total. The summed E-state index contributed by atoms with van der Waals surface area (Å²) in [5.41, 5.74) is 0. The van der Waals surface area contributed by atoms with Gasteiger partial charge < -0.3 is 5.32 Å². The molecule has 0 bridgehead atoms. The first-order chi connectivity index (χ1) is 7.52. The Morgan fingerprint density at radius 1 is 1.50 bits per heavy atom. The summed E-state index contributed by atoms with van der Waals surface area (Å²) in [4.78, 5) is 23.0. The Kier molecular flexibility index (Phi) is 6.86. The molecule has 0 aromatic rings. The zero-order valence-electron chi connectivity index (χ0n) is 9.82. The lowest BCUT2D eigenvalue weighted by Crippen LogP contribution is -2.36. The first kappa shape index (κ1) is 14.4. The maximum atomic E-state index is 11.5. The predicted molar refractivity (Wildman–Crippen MR) is 61.4 cm³/mol. The van der Waals surface area contributed by atoms with Crippen molar-refractivity contribution in [3.8, 4) is 6.07 Å². The van der Waals surface area contributed by atoms with Crippen molar-refractivity contribution in [2.24, 2.45) is 11.8 Å². The van der Waals surface area contributed by atoms with Crippen molar-refractivity contribution in [2.75, 3.05) is 6.54 Å². The summed E-state index contributed by atoms with van der Waals surface area (Å²) in [6.07, 6.45) is 2.28. The topological polar surface area (TPSA) is 70.0 Å². The zero-order chi connectivity index (χ0) is 12.6. The molecule has 0 fully saturated rings. The number of Topliss-reactive ketones (excluding diaryl/α,β-unsaturated/α-hetero) is 1. The molecule has 0 heterocycles. The molecule has 0 aliphatic rings. The third-order valence-corrected chi connectivity index (χ3v) is 1.99. The number of amides is 1. The van der Waals surface area contributed by atoms with Gasteiger partial charge in [0.05, 0.1) is 6.07 Å². The van der Waals surface area contributed by atoms with E-state index in [0.29, 0.717) is 18.9 Å². The van der Waals surface area contributed by atoms with Gasteiger partial charge in [-0.3, -0.25) is 9.59 Å². The highest BCUT2D eigenvalue weighted by Crippen LogP contribution is 2.04. The molecular formula is C12H18N2O2. The summed E-state index contributed by atoms with van der Waals surface area (Å²) in [6.45, 7) is 7.86. The average Bonchev–Trinajstić information content (AvgIpc) is 2.24. The molecule has 0 saturated heterocycles. The molecule has 0 saturated carbocycles. The van der Waals surface area contributed by atoms with Crippen LogP contribution in [0, 0.1) is 23.2 Å². The summed E-state index contributed by atoms with van der Waals surface area (Å²) in [7, 11) is 0. The zero-order valence-corrected chi connectivity index (χ0v) is 9.82. The number of hydrogen-bond acceptors (Lipinski definition) is 3. The molecule has 1 amide bonds. The fourth-order valence-corrected chi connectivity index (χ4v) is 1.07. The van der Waals surface area contributed by atoms with Gasteiger partial charge in [0.2, 0.25) is 5.91 Å². The summed E-state index contributed by atoms with van der Waals surface area (Å²) in [6, 6.07) is 1.74. The number of ketones is 1. The third-order valence-electron chi connectivity index (χ3n) is 1.99. The highest BCUT2D eigenvalue weighted by Gasteiger charge is 2.25. The quantitative estimate of drug-likeness (QED) is 0.523. The minimum Gasteiger partial charge on any atom is -0.354 e. The first-order valence-corrected chi connectivity index (χ1v) is 5.33. The molecular weight excluding hydrogens is 204 g/mol. The van der Waals surface area contributed by atoms with E-state index in [2.05, 4.69) is 11.9 Å². The van der Waals surface area contributed by atoms with Gasteiger partial charge in [-0.1, -0.05) is 19.9 Å². The van der Waals surface area contributed by atoms with Crippen molar-refractivity contribution in [1.82, 2.24) is 5.32 Å². The Hall–Kier alpha value is -1.63. The lowest BCUT2D eigenvalue weighted by Gasteiger charge is -2.10. The standard InChI is InChI=1S/C12H18N2O2/c1-4-5-6-11(15)10(7-13)12(16)14-8-9(2)3/h4,9-10H,1,5-6,8H2,2-3H3,(H,14,16)/t10-/m0/s1. The van der Waals surface area contributed by atoms with Crippen LogP contribution in [-0.4, -0.2) is 18.2 Å². The Balaban J connectivity index is 4.27. The van der Waals surface area contributed by atoms with Crippen molar-refractivity contribution in [2.45, 2.75) is 26.7 Å². The number of nitrogens with one attached hydrogen (secondary N) is 1. The fraction of sp³-hybridized carbons (Fsp3) is 0.583. The molecule has 1 N–H and O–H groups in total. The summed E-state index contributed by atoms with van der Waals surface area (Å²) in [5.74, 6) is -1.72. The first-order valence-electron chi connectivity index (χ1n) is 5.33. The number of allylic oxidation sites excluding steroid dienone is 1. The normalized spacial score (nSPS) is 11.6. The molecule has 0 rings (SSSR count). The highest BCUT2D eigenvalue weighted by molar-refractivity contribution is 6.03. The van der Waals surface area contributed by atoms with Crippen molar-refractivity contribution in [1.29, 1.82) is 5.26 Å². The molecule has 88 valence electrons. The highest BCUT2D eigenvalue weighted by atomic mass is 16.2. The number of nitrogens with zero attached hydrogens (tertiary/aromatic N) is 1. The van der Waals surface area contributed by atoms with Gasteiger partial charge in [0.15, 0.2) is 11.7 Å². The minimum absolute atomic E-state index is 0.191. The summed E-state index contributed by atoms with van der Waals surface area (Å²) in [5, 5.41) is 11.4. The Labute approximate surface area is 96.3 Å². The van der Waals surface area contributed by atoms with Crippen molar-refractivity contribution < 1.29 is 9.59 Å². The van der Waals surface area contributed by atoms with Crippen LogP contribution in [0.3, 0.4) is 0 Å². The van der Waals surface area contributed by atoms with Gasteiger partial charge in [-0.05, 0) is 12.3 Å². The van der Waals surface area contributed by atoms with Crippen LogP contribution >= 0.6 is 0 Å². The number of rotatable bonds is 7. The van der Waals surface area contributed by atoms with Gasteiger partial charge in [0, 0.05) is 13.0 Å². The Morgan fingerprint density at radius 2 is 2.12 bits per heavy atom. The molecule has 4 heteroatoms. The second-order valence-corrected chi connectivity index (χ2v) is 3.99. The predicted octanol–water partition coefficient (Wildman–Crippen LogP) is 1.43. The molecule has 1 atom stereocenters. The second kappa shape index (κ2) is 7.63. The van der Waals surface area contributed by atoms with Crippen LogP contribution in [0.4, 0.5) is 0 Å². The van der Waals surface area contributed by atoms with Gasteiger partial charge in [0.1, 0.15) is 0 Å². The molecule has 16 heavy (non-hydrogen) atoms. The van der Waals surface area contributed by atoms with Gasteiger partial charge in [-0.15, -0.1) is 6.58 Å². The van der Waals surface area contributed by atoms with E-state index in [1.165, 1.54) is 0 Å². The monoisotopic (exact) mass is 222 g/mol. The van der Waals surface area contributed by atoms with Gasteiger partial charge in [-0.2, -0.15) is 5.26 Å². The third kappa shape index (κ3) is 5.30. The number of carbonyl (C=O) groups is 2. The molecule has 0 aromatic heterocycles. The van der Waals surface area contributed by atoms with Gasteiger partial charge in [-0.25, -0.2) is 0 Å². The molecule has 0 aromatic carbocycles. The van der Waals surface area contributed by atoms with Crippen LogP contribution in [0.1, 0.15) is 26.7 Å². The van der Waals surface area contributed by atoms with E-state index in [-0.39, 0.29) is 12.2 Å². The molecule has 0 spiro atoms. The second-order valence-electron chi connectivity index (χ2n) is 3.99. The van der Waals surface area contributed by atoms with Crippen LogP contribution in [0.2, 0.25) is 0 Å². The SMILES string of the molecule is C=CCCC(=O)[C@H](C#N)C(=O)NCC(C)C. The van der Waals surface area contributed by atoms with Gasteiger partial charge >= 0.3 is 0 Å². The largest absolute Gasteiger partial charge is 0.354 e. The lowest BCUT2D eigenvalue weighted by atomic mass is 10.0. The van der Waals surface area contributed by atoms with E-state index >= 15 is 0 Å². The van der Waals surface area contributed by atoms with Crippen LogP contribution in [0.15, 0.2) is 12.7 Å². The van der Waals surface area contributed by atoms with Crippen LogP contribution in [-0.2, 0) is 9.59 Å². The van der Waals surface area contributed by atoms with Gasteiger partial charge in [0.25, 0.3) is 0 Å². The number of hydrogen-bond donors (Lipinski definition) is 1. The Morgan fingerprint density at radius 3 is 2.56 bits per heavy atom. The number of carbonyl (C=O) groups excluding carboxylic acids is 2. The van der Waals surface area contributed by atoms with E-state index < -0.39 is 11.8 Å². The van der Waals surface area contributed by atoms with E-state index in [0.717, 1.165) is 0 Å². The maximum Gasteiger partial charge on any atom is 0.245 e. The minimum atomic E-state index is -1.18. The summed E-state index contributed by atoms with van der Waals surface area (Å²) < 4.78 is 0. The van der Waals surface area contributed by atoms with E-state index in [9.17, 15) is 9.59 Å². The van der Waals surface area contributed by atoms with Crippen LogP contribution in [0.5, 0.6) is 0 Å². The molecule has 0 aliphatic carbocycles. The van der Waals surface area contributed by atoms with Crippen LogP contribution in [0.25, 0.3) is 0 Å². The molecule has 0 unspecified atom stereocenters. The average molecular weight is 222 g/mol. The Bertz CT molecular complexity index is 303. The van der Waals surface area contributed by atoms with E-state index in [1.54, 1.807) is 12.1 Å². The lowest BCUT2D eigenvalue weighted by molar-refractivity contribution is -0.131. The van der Waals surface area contributed by atoms with E-state index in [1.807, 2.05) is 13.8 Å². The maximum absolute atomic E-state index is 11.5. The van der Waals surface area contributed by atoms with Crippen molar-refractivity contribution >= 4 is 11.7 Å². The van der Waals surface area contributed by atoms with E-state index in [4.69, 9.17) is 5.26 Å². The van der Waals surface area contributed by atoms with Crippen molar-refractivity contribution in [3.63, 3.8) is 0 Å². The molecule has 0 aliphatic heterocycles. The smallest absolute Gasteiger partial charge is 0.245 e. The van der Waals surface area contributed by atoms with Crippen LogP contribution < -0.4 is 5.32 Å². The molecule has 0 radical (unpaired) electrons. The fourth-order valence-electron chi connectivity index (χ4n) is 1.07.